The number of aliphatic imine (C=N–C) groups is 1. The van der Waals surface area contributed by atoms with Crippen molar-refractivity contribution in [3.63, 3.8) is 0 Å². The molecule has 0 spiro atoms. The maximum Gasteiger partial charge on any atom is 0.210 e. The van der Waals surface area contributed by atoms with E-state index < -0.39 is 0 Å². The molecule has 0 heterocycles. The van der Waals surface area contributed by atoms with Gasteiger partial charge in [0.15, 0.2) is 0 Å². The molecule has 0 atom stereocenters. The van der Waals surface area contributed by atoms with Crippen molar-refractivity contribution >= 4 is 27.6 Å². The van der Waals surface area contributed by atoms with E-state index in [1.807, 2.05) is 13.8 Å². The van der Waals surface area contributed by atoms with Gasteiger partial charge in [-0.2, -0.15) is 0 Å². The van der Waals surface area contributed by atoms with E-state index in [1.165, 1.54) is 6.07 Å². The summed E-state index contributed by atoms with van der Waals surface area (Å²) in [5.41, 5.74) is 2.69. The number of nitrogens with two attached hydrogens (primary N) is 1. The summed E-state index contributed by atoms with van der Waals surface area (Å²) in [6, 6.07) is 4.76. The Kier molecular flexibility index (Phi) is 4.70. The molecule has 1 rings (SSSR count). The van der Waals surface area contributed by atoms with Gasteiger partial charge in [-0.25, -0.2) is 15.2 Å². The lowest BCUT2D eigenvalue weighted by Gasteiger charge is -2.12. The highest BCUT2D eigenvalue weighted by Gasteiger charge is 2.08. The first kappa shape index (κ1) is 12.9. The molecule has 0 aromatic heterocycles. The van der Waals surface area contributed by atoms with Gasteiger partial charge in [0.1, 0.15) is 5.82 Å². The van der Waals surface area contributed by atoms with Crippen molar-refractivity contribution in [1.82, 2.24) is 5.43 Å². The molecule has 4 N–H and O–H groups in total. The molecule has 4 nitrogen and oxygen atoms in total. The molecule has 0 aliphatic heterocycles. The van der Waals surface area contributed by atoms with Gasteiger partial charge in [0, 0.05) is 10.5 Å². The molecule has 88 valence electrons. The Balaban J connectivity index is 2.94. The minimum atomic E-state index is -0.374. The van der Waals surface area contributed by atoms with Gasteiger partial charge >= 0.3 is 0 Å². The molecule has 0 unspecified atom stereocenters. The molecule has 0 bridgehead atoms. The zero-order valence-electron chi connectivity index (χ0n) is 9.09. The highest BCUT2D eigenvalue weighted by Crippen LogP contribution is 2.24. The van der Waals surface area contributed by atoms with E-state index >= 15 is 0 Å². The second-order valence-electron chi connectivity index (χ2n) is 3.44. The number of hydrogen-bond acceptors (Lipinski definition) is 2. The quantitative estimate of drug-likeness (QED) is 0.338. The normalized spacial score (nSPS) is 11.8. The van der Waals surface area contributed by atoms with Gasteiger partial charge < -0.3 is 5.32 Å². The van der Waals surface area contributed by atoms with Crippen LogP contribution in [0.25, 0.3) is 0 Å². The Morgan fingerprint density at radius 2 is 2.19 bits per heavy atom. The van der Waals surface area contributed by atoms with Crippen molar-refractivity contribution in [2.45, 2.75) is 19.9 Å². The second kappa shape index (κ2) is 5.81. The van der Waals surface area contributed by atoms with Gasteiger partial charge in [0.2, 0.25) is 5.96 Å². The summed E-state index contributed by atoms with van der Waals surface area (Å²) in [5, 5.41) is 2.79. The Bertz CT molecular complexity index is 372. The highest BCUT2D eigenvalue weighted by atomic mass is 79.9. The Hall–Kier alpha value is -1.14. The van der Waals surface area contributed by atoms with Crippen LogP contribution in [0.4, 0.5) is 10.1 Å². The van der Waals surface area contributed by atoms with Gasteiger partial charge in [-0.1, -0.05) is 6.07 Å². The van der Waals surface area contributed by atoms with Crippen LogP contribution in [0, 0.1) is 5.82 Å². The maximum absolute atomic E-state index is 13.5. The van der Waals surface area contributed by atoms with Crippen molar-refractivity contribution < 1.29 is 4.39 Å². The summed E-state index contributed by atoms with van der Waals surface area (Å²) < 4.78 is 14.1. The predicted octanol–water partition coefficient (Wildman–Crippen LogP) is 2.23. The third-order valence-corrected chi connectivity index (χ3v) is 2.39. The topological polar surface area (TPSA) is 62.4 Å². The lowest BCUT2D eigenvalue weighted by molar-refractivity contribution is 0.631. The average molecular weight is 289 g/mol. The number of guanidine groups is 1. The number of para-hydroxylation sites is 1. The van der Waals surface area contributed by atoms with Gasteiger partial charge in [-0.15, -0.1) is 0 Å². The van der Waals surface area contributed by atoms with E-state index in [0.29, 0.717) is 16.1 Å². The lowest BCUT2D eigenvalue weighted by Crippen LogP contribution is -2.37. The fourth-order valence-electron chi connectivity index (χ4n) is 1.10. The molecule has 0 radical (unpaired) electrons. The fourth-order valence-corrected chi connectivity index (χ4v) is 1.54. The molecule has 1 aromatic rings. The van der Waals surface area contributed by atoms with Crippen LogP contribution in [0.5, 0.6) is 0 Å². The maximum atomic E-state index is 13.5. The van der Waals surface area contributed by atoms with Crippen LogP contribution in [0.1, 0.15) is 13.8 Å². The summed E-state index contributed by atoms with van der Waals surface area (Å²) in [6.07, 6.45) is 0. The molecule has 0 saturated heterocycles. The van der Waals surface area contributed by atoms with Crippen molar-refractivity contribution in [3.05, 3.63) is 28.5 Å². The predicted molar refractivity (Wildman–Crippen MR) is 67.6 cm³/mol. The monoisotopic (exact) mass is 288 g/mol. The number of nitrogens with one attached hydrogen (secondary N) is 2. The van der Waals surface area contributed by atoms with Gasteiger partial charge in [-0.05, 0) is 41.9 Å². The van der Waals surface area contributed by atoms with E-state index in [9.17, 15) is 4.39 Å². The molecule has 0 amide bonds. The number of anilines is 1. The fraction of sp³-hybridized carbons (Fsp3) is 0.300. The lowest BCUT2D eigenvalue weighted by atomic mass is 10.3. The summed E-state index contributed by atoms with van der Waals surface area (Å²) >= 11 is 3.24. The van der Waals surface area contributed by atoms with E-state index in [0.717, 1.165) is 0 Å². The van der Waals surface area contributed by atoms with Crippen molar-refractivity contribution in [2.24, 2.45) is 10.8 Å². The third-order valence-electron chi connectivity index (χ3n) is 1.73. The highest BCUT2D eigenvalue weighted by molar-refractivity contribution is 9.10. The molecular formula is C10H14BrFN4. The summed E-state index contributed by atoms with van der Waals surface area (Å²) in [5.74, 6) is 5.23. The largest absolute Gasteiger partial charge is 0.322 e. The van der Waals surface area contributed by atoms with Crippen LogP contribution in [0.3, 0.4) is 0 Å². The van der Waals surface area contributed by atoms with Crippen LogP contribution in [0.15, 0.2) is 27.7 Å². The second-order valence-corrected chi connectivity index (χ2v) is 4.29. The molecule has 0 aliphatic rings. The summed E-state index contributed by atoms with van der Waals surface area (Å²) in [6.45, 7) is 3.80. The van der Waals surface area contributed by atoms with E-state index in [2.05, 4.69) is 31.7 Å². The van der Waals surface area contributed by atoms with Crippen molar-refractivity contribution in [2.75, 3.05) is 5.32 Å². The Morgan fingerprint density at radius 3 is 2.69 bits per heavy atom. The minimum Gasteiger partial charge on any atom is -0.322 e. The van der Waals surface area contributed by atoms with Crippen molar-refractivity contribution in [1.29, 1.82) is 0 Å². The minimum absolute atomic E-state index is 0.0594. The Labute approximate surface area is 102 Å². The first-order valence-electron chi connectivity index (χ1n) is 4.80. The van der Waals surface area contributed by atoms with Gasteiger partial charge in [0.05, 0.1) is 5.69 Å². The molecule has 0 aliphatic carbocycles. The third kappa shape index (κ3) is 3.46. The van der Waals surface area contributed by atoms with E-state index in [1.54, 1.807) is 12.1 Å². The number of benzene rings is 1. The zero-order valence-corrected chi connectivity index (χ0v) is 10.7. The smallest absolute Gasteiger partial charge is 0.210 e. The van der Waals surface area contributed by atoms with Crippen LogP contribution >= 0.6 is 15.9 Å². The SMILES string of the molecule is CC(C)N=C(NN)Nc1c(F)cccc1Br. The first-order valence-corrected chi connectivity index (χ1v) is 5.59. The summed E-state index contributed by atoms with van der Waals surface area (Å²) in [7, 11) is 0. The van der Waals surface area contributed by atoms with E-state index in [-0.39, 0.29) is 11.9 Å². The van der Waals surface area contributed by atoms with Crippen LogP contribution < -0.4 is 16.6 Å². The molecular weight excluding hydrogens is 275 g/mol. The number of halogens is 2. The molecule has 16 heavy (non-hydrogen) atoms. The summed E-state index contributed by atoms with van der Waals surface area (Å²) in [4.78, 5) is 4.15. The Morgan fingerprint density at radius 1 is 1.50 bits per heavy atom. The zero-order chi connectivity index (χ0) is 12.1. The van der Waals surface area contributed by atoms with Gasteiger partial charge in [-0.3, -0.25) is 5.43 Å². The van der Waals surface area contributed by atoms with Gasteiger partial charge in [0.25, 0.3) is 0 Å². The average Bonchev–Trinajstić information content (AvgIpc) is 2.21. The van der Waals surface area contributed by atoms with Crippen LogP contribution in [-0.4, -0.2) is 12.0 Å². The standard InChI is InChI=1S/C10H14BrFN4/c1-6(2)14-10(16-13)15-9-7(11)4-3-5-8(9)12/h3-6H,13H2,1-2H3,(H2,14,15,16). The molecule has 1 aromatic carbocycles. The van der Waals surface area contributed by atoms with E-state index in [4.69, 9.17) is 5.84 Å². The van der Waals surface area contributed by atoms with Crippen LogP contribution in [-0.2, 0) is 0 Å². The number of nitrogens with zero attached hydrogens (tertiary/aromatic N) is 1. The molecule has 0 saturated carbocycles. The number of hydrazine groups is 1. The number of rotatable bonds is 2. The first-order chi connectivity index (χ1) is 7.54. The number of hydrogen-bond donors (Lipinski definition) is 3. The molecule has 0 fully saturated rings. The van der Waals surface area contributed by atoms with Crippen molar-refractivity contribution in [3.8, 4) is 0 Å². The van der Waals surface area contributed by atoms with Crippen LogP contribution in [0.2, 0.25) is 0 Å². The molecule has 6 heteroatoms.